The second-order valence-electron chi connectivity index (χ2n) is 2.97. The van der Waals surface area contributed by atoms with Crippen molar-refractivity contribution in [3.63, 3.8) is 0 Å². The molecule has 0 aromatic heterocycles. The molecule has 0 N–H and O–H groups in total. The summed E-state index contributed by atoms with van der Waals surface area (Å²) in [6.07, 6.45) is 10.1. The molecular formula is C11H10O3. The van der Waals surface area contributed by atoms with E-state index in [0.29, 0.717) is 24.4 Å². The molecule has 2 rings (SSSR count). The van der Waals surface area contributed by atoms with Crippen LogP contribution in [-0.2, 0) is 14.3 Å². The molecule has 0 aromatic rings. The van der Waals surface area contributed by atoms with E-state index in [9.17, 15) is 4.79 Å². The standard InChI is InChI=1S/C11H10O3/c12-11(9-3-1-5-13-7-9)10-4-2-6-14-8-10/h1-5,8H,6-7H2. The largest absolute Gasteiger partial charge is 0.496 e. The average molecular weight is 190 g/mol. The molecule has 0 aromatic carbocycles. The Balaban J connectivity index is 2.15. The molecule has 14 heavy (non-hydrogen) atoms. The van der Waals surface area contributed by atoms with E-state index in [2.05, 4.69) is 0 Å². The summed E-state index contributed by atoms with van der Waals surface area (Å²) in [7, 11) is 0. The van der Waals surface area contributed by atoms with Gasteiger partial charge in [0.05, 0.1) is 18.1 Å². The summed E-state index contributed by atoms with van der Waals surface area (Å²) < 4.78 is 10.1. The number of rotatable bonds is 2. The summed E-state index contributed by atoms with van der Waals surface area (Å²) in [4.78, 5) is 11.8. The normalized spacial score (nSPS) is 19.1. The number of ketones is 1. The fourth-order valence-electron chi connectivity index (χ4n) is 1.26. The number of hydrogen-bond donors (Lipinski definition) is 0. The minimum atomic E-state index is -0.0368. The molecule has 0 spiro atoms. The average Bonchev–Trinajstić information content (AvgIpc) is 2.30. The SMILES string of the molecule is O=C(C1=COCC=C1)C1=CC=COC1. The maximum Gasteiger partial charge on any atom is 0.195 e. The highest BCUT2D eigenvalue weighted by Gasteiger charge is 2.15. The Bertz CT molecular complexity index is 359. The molecule has 0 amide bonds. The van der Waals surface area contributed by atoms with Crippen LogP contribution in [0.5, 0.6) is 0 Å². The number of hydrogen-bond acceptors (Lipinski definition) is 3. The Morgan fingerprint density at radius 2 is 2.29 bits per heavy atom. The van der Waals surface area contributed by atoms with E-state index in [1.165, 1.54) is 6.26 Å². The summed E-state index contributed by atoms with van der Waals surface area (Å²) in [6, 6.07) is 0. The van der Waals surface area contributed by atoms with E-state index >= 15 is 0 Å². The van der Waals surface area contributed by atoms with E-state index < -0.39 is 0 Å². The van der Waals surface area contributed by atoms with Crippen LogP contribution in [-0.4, -0.2) is 19.0 Å². The van der Waals surface area contributed by atoms with Gasteiger partial charge in [0.15, 0.2) is 5.78 Å². The molecule has 0 unspecified atom stereocenters. The topological polar surface area (TPSA) is 35.5 Å². The maximum absolute atomic E-state index is 11.8. The van der Waals surface area contributed by atoms with E-state index in [1.54, 1.807) is 24.5 Å². The molecular weight excluding hydrogens is 180 g/mol. The van der Waals surface area contributed by atoms with Gasteiger partial charge in [0.1, 0.15) is 13.2 Å². The summed E-state index contributed by atoms with van der Waals surface area (Å²) in [5.74, 6) is -0.0368. The predicted octanol–water partition coefficient (Wildman–Crippen LogP) is 1.50. The molecule has 0 saturated carbocycles. The van der Waals surface area contributed by atoms with Crippen molar-refractivity contribution in [1.82, 2.24) is 0 Å². The van der Waals surface area contributed by atoms with Gasteiger partial charge in [-0.2, -0.15) is 0 Å². The van der Waals surface area contributed by atoms with Crippen LogP contribution in [0.25, 0.3) is 0 Å². The summed E-state index contributed by atoms with van der Waals surface area (Å²) in [6.45, 7) is 0.868. The van der Waals surface area contributed by atoms with Gasteiger partial charge in [0.25, 0.3) is 0 Å². The Labute approximate surface area is 82.0 Å². The third kappa shape index (κ3) is 1.76. The van der Waals surface area contributed by atoms with Crippen molar-refractivity contribution in [2.24, 2.45) is 0 Å². The molecule has 2 heterocycles. The number of carbonyl (C=O) groups excluding carboxylic acids is 1. The molecule has 2 aliphatic rings. The lowest BCUT2D eigenvalue weighted by Gasteiger charge is -2.11. The molecule has 2 aliphatic heterocycles. The molecule has 3 heteroatoms. The highest BCUT2D eigenvalue weighted by Crippen LogP contribution is 2.13. The molecule has 0 aliphatic carbocycles. The van der Waals surface area contributed by atoms with Crippen LogP contribution >= 0.6 is 0 Å². The van der Waals surface area contributed by atoms with Crippen LogP contribution in [0.3, 0.4) is 0 Å². The van der Waals surface area contributed by atoms with Gasteiger partial charge in [-0.15, -0.1) is 0 Å². The minimum Gasteiger partial charge on any atom is -0.496 e. The maximum atomic E-state index is 11.8. The fraction of sp³-hybridized carbons (Fsp3) is 0.182. The number of Topliss-reactive ketones (excluding diaryl/α,β-unsaturated/α-hetero) is 1. The van der Waals surface area contributed by atoms with Gasteiger partial charge in [-0.3, -0.25) is 4.79 Å². The second kappa shape index (κ2) is 3.96. The van der Waals surface area contributed by atoms with Crippen LogP contribution in [0.4, 0.5) is 0 Å². The van der Waals surface area contributed by atoms with E-state index in [1.807, 2.05) is 6.08 Å². The quantitative estimate of drug-likeness (QED) is 0.661. The zero-order valence-corrected chi connectivity index (χ0v) is 7.60. The van der Waals surface area contributed by atoms with Gasteiger partial charge in [-0.05, 0) is 24.3 Å². The first kappa shape index (κ1) is 8.81. The first-order chi connectivity index (χ1) is 6.88. The summed E-state index contributed by atoms with van der Waals surface area (Å²) in [5, 5.41) is 0. The molecule has 0 atom stereocenters. The van der Waals surface area contributed by atoms with Crippen LogP contribution < -0.4 is 0 Å². The summed E-state index contributed by atoms with van der Waals surface area (Å²) >= 11 is 0. The monoisotopic (exact) mass is 190 g/mol. The molecule has 0 radical (unpaired) electrons. The molecule has 0 saturated heterocycles. The molecule has 72 valence electrons. The predicted molar refractivity (Wildman–Crippen MR) is 51.4 cm³/mol. The molecule has 0 bridgehead atoms. The first-order valence-electron chi connectivity index (χ1n) is 4.38. The van der Waals surface area contributed by atoms with Crippen LogP contribution in [0.15, 0.2) is 48.0 Å². The zero-order valence-electron chi connectivity index (χ0n) is 7.60. The zero-order chi connectivity index (χ0) is 9.80. The third-order valence-corrected chi connectivity index (χ3v) is 1.97. The Morgan fingerprint density at radius 3 is 2.93 bits per heavy atom. The molecule has 0 fully saturated rings. The van der Waals surface area contributed by atoms with Gasteiger partial charge >= 0.3 is 0 Å². The van der Waals surface area contributed by atoms with Crippen LogP contribution in [0.2, 0.25) is 0 Å². The van der Waals surface area contributed by atoms with Crippen LogP contribution in [0, 0.1) is 0 Å². The van der Waals surface area contributed by atoms with Crippen molar-refractivity contribution in [3.05, 3.63) is 48.0 Å². The van der Waals surface area contributed by atoms with Crippen molar-refractivity contribution in [1.29, 1.82) is 0 Å². The van der Waals surface area contributed by atoms with Crippen molar-refractivity contribution in [2.45, 2.75) is 0 Å². The lowest BCUT2D eigenvalue weighted by atomic mass is 10.0. The summed E-state index contributed by atoms with van der Waals surface area (Å²) in [5.41, 5.74) is 1.22. The van der Waals surface area contributed by atoms with E-state index in [4.69, 9.17) is 9.47 Å². The third-order valence-electron chi connectivity index (χ3n) is 1.97. The second-order valence-corrected chi connectivity index (χ2v) is 2.97. The lowest BCUT2D eigenvalue weighted by Crippen LogP contribution is -2.12. The van der Waals surface area contributed by atoms with Crippen molar-refractivity contribution in [2.75, 3.05) is 13.2 Å². The van der Waals surface area contributed by atoms with Crippen molar-refractivity contribution >= 4 is 5.78 Å². The molecule has 3 nitrogen and oxygen atoms in total. The van der Waals surface area contributed by atoms with Crippen molar-refractivity contribution in [3.8, 4) is 0 Å². The number of carbonyl (C=O) groups is 1. The smallest absolute Gasteiger partial charge is 0.195 e. The van der Waals surface area contributed by atoms with Gasteiger partial charge in [-0.1, -0.05) is 0 Å². The van der Waals surface area contributed by atoms with E-state index in [0.717, 1.165) is 0 Å². The fourth-order valence-corrected chi connectivity index (χ4v) is 1.26. The Kier molecular flexibility index (Phi) is 2.49. The van der Waals surface area contributed by atoms with Gasteiger partial charge in [0.2, 0.25) is 0 Å². The van der Waals surface area contributed by atoms with Gasteiger partial charge in [-0.25, -0.2) is 0 Å². The Morgan fingerprint density at radius 1 is 1.36 bits per heavy atom. The van der Waals surface area contributed by atoms with Crippen LogP contribution in [0.1, 0.15) is 0 Å². The van der Waals surface area contributed by atoms with E-state index in [-0.39, 0.29) is 5.78 Å². The minimum absolute atomic E-state index is 0.0368. The number of allylic oxidation sites excluding steroid dienone is 4. The lowest BCUT2D eigenvalue weighted by molar-refractivity contribution is -0.112. The number of ether oxygens (including phenoxy) is 2. The highest BCUT2D eigenvalue weighted by molar-refractivity contribution is 6.10. The van der Waals surface area contributed by atoms with Gasteiger partial charge < -0.3 is 9.47 Å². The highest BCUT2D eigenvalue weighted by atomic mass is 16.5. The van der Waals surface area contributed by atoms with Gasteiger partial charge in [0, 0.05) is 5.57 Å². The first-order valence-corrected chi connectivity index (χ1v) is 4.38. The van der Waals surface area contributed by atoms with Crippen molar-refractivity contribution < 1.29 is 14.3 Å². The Hall–Kier alpha value is -1.77.